The second-order valence-corrected chi connectivity index (χ2v) is 0.995. The van der Waals surface area contributed by atoms with Crippen molar-refractivity contribution in [3.8, 4) is 0 Å². The molecule has 0 aliphatic carbocycles. The molecule has 0 bridgehead atoms. The van der Waals surface area contributed by atoms with Gasteiger partial charge in [-0.1, -0.05) is 0 Å². The van der Waals surface area contributed by atoms with E-state index in [1.54, 1.807) is 0 Å². The molecule has 0 aromatic heterocycles. The first-order chi connectivity index (χ1) is 2.64. The van der Waals surface area contributed by atoms with E-state index in [1.165, 1.54) is 0 Å². The van der Waals surface area contributed by atoms with Crippen LogP contribution in [-0.2, 0) is 4.79 Å². The topological polar surface area (TPSA) is 90.4 Å². The Balaban J connectivity index is -0.0000000417. The smallest absolute Gasteiger partial charge is 0.870 e. The second kappa shape index (κ2) is 11.7. The Labute approximate surface area is 85.2 Å². The van der Waals surface area contributed by atoms with Crippen molar-refractivity contribution in [3.63, 3.8) is 0 Å². The molecule has 0 aliphatic rings. The van der Waals surface area contributed by atoms with E-state index in [1.807, 2.05) is 0 Å². The number of rotatable bonds is 1. The summed E-state index contributed by atoms with van der Waals surface area (Å²) in [5, 5.41) is 17.3. The number of hydrogen-bond donors (Lipinski definition) is 1. The largest absolute Gasteiger partial charge is 2.00 e. The molecular weight excluding hydrogens is 149 g/mol. The van der Waals surface area contributed by atoms with E-state index >= 15 is 0 Å². The van der Waals surface area contributed by atoms with Crippen molar-refractivity contribution in [1.82, 2.24) is 0 Å². The minimum atomic E-state index is -1.44. The molecule has 0 rings (SSSR count). The van der Waals surface area contributed by atoms with Gasteiger partial charge < -0.3 is 20.5 Å². The van der Waals surface area contributed by atoms with Crippen molar-refractivity contribution in [2.75, 3.05) is 0 Å². The Morgan fingerprint density at radius 2 is 1.67 bits per heavy atom. The number of carbonyl (C=O) groups excluding carboxylic acids is 1. The van der Waals surface area contributed by atoms with Crippen molar-refractivity contribution < 1.29 is 20.5 Å². The summed E-state index contributed by atoms with van der Waals surface area (Å²) < 4.78 is 0. The number of aliphatic hydroxyl groups is 1. The molecule has 2 N–H and O–H groups in total. The van der Waals surface area contributed by atoms with Gasteiger partial charge in [-0.2, -0.15) is 0 Å². The normalized spacial score (nSPS) is 9.11. The standard InChI is InChI=1S/C3H6O3.2Mg.H2O/c1-2(4)3(5)6;;;/h2,4H,1H3,(H,5,6);;;1H2/q;2*+2;/p-2. The van der Waals surface area contributed by atoms with Crippen LogP contribution in [0.5, 0.6) is 0 Å². The van der Waals surface area contributed by atoms with Crippen molar-refractivity contribution in [2.24, 2.45) is 0 Å². The molecule has 0 aliphatic heterocycles. The molecule has 0 fully saturated rings. The van der Waals surface area contributed by atoms with Gasteiger partial charge in [-0.25, -0.2) is 0 Å². The molecule has 9 heavy (non-hydrogen) atoms. The number of hydrogen-bond acceptors (Lipinski definition) is 4. The van der Waals surface area contributed by atoms with Crippen LogP contribution in [-0.4, -0.2) is 68.8 Å². The molecule has 0 aromatic rings. The average Bonchev–Trinajstić information content (AvgIpc) is 1.36. The maximum Gasteiger partial charge on any atom is 2.00 e. The third kappa shape index (κ3) is 17.6. The molecule has 1 unspecified atom stereocenters. The Morgan fingerprint density at radius 3 is 1.67 bits per heavy atom. The van der Waals surface area contributed by atoms with Crippen LogP contribution in [0.25, 0.3) is 0 Å². The van der Waals surface area contributed by atoms with Gasteiger partial charge in [-0.05, 0) is 6.92 Å². The van der Waals surface area contributed by atoms with Crippen LogP contribution in [0.1, 0.15) is 6.92 Å². The Kier molecular flexibility index (Phi) is 29.2. The predicted octanol–water partition coefficient (Wildman–Crippen LogP) is -2.82. The monoisotopic (exact) mass is 154 g/mol. The fourth-order valence-corrected chi connectivity index (χ4v) is 0. The number of carbonyl (C=O) groups is 1. The Hall–Kier alpha value is 0.922. The van der Waals surface area contributed by atoms with Gasteiger partial charge in [0.2, 0.25) is 0 Å². The third-order valence-corrected chi connectivity index (χ3v) is 0.341. The molecule has 0 saturated heterocycles. The van der Waals surface area contributed by atoms with Gasteiger partial charge >= 0.3 is 46.1 Å². The summed E-state index contributed by atoms with van der Waals surface area (Å²) in [4.78, 5) is 9.34. The predicted molar refractivity (Wildman–Crippen MR) is 30.1 cm³/mol. The van der Waals surface area contributed by atoms with Crippen molar-refractivity contribution >= 4 is 52.1 Å². The van der Waals surface area contributed by atoms with Gasteiger partial charge in [0.1, 0.15) is 0 Å². The fraction of sp³-hybridized carbons (Fsp3) is 0.667. The van der Waals surface area contributed by atoms with Gasteiger partial charge in [-0.3, -0.25) is 0 Å². The van der Waals surface area contributed by atoms with Crippen LogP contribution in [0.3, 0.4) is 0 Å². The number of carboxylic acids is 1. The quantitative estimate of drug-likeness (QED) is 0.413. The van der Waals surface area contributed by atoms with Gasteiger partial charge in [0.05, 0.1) is 12.1 Å². The molecule has 0 aromatic carbocycles. The number of aliphatic carboxylic acids is 1. The summed E-state index contributed by atoms with van der Waals surface area (Å²) in [6.45, 7) is 1.13. The van der Waals surface area contributed by atoms with E-state index < -0.39 is 12.1 Å². The zero-order valence-corrected chi connectivity index (χ0v) is 8.03. The molecule has 0 radical (unpaired) electrons. The van der Waals surface area contributed by atoms with Crippen LogP contribution in [0.4, 0.5) is 0 Å². The van der Waals surface area contributed by atoms with E-state index in [0.29, 0.717) is 0 Å². The molecule has 0 heterocycles. The van der Waals surface area contributed by atoms with Crippen molar-refractivity contribution in [3.05, 3.63) is 0 Å². The van der Waals surface area contributed by atoms with Gasteiger partial charge in [0, 0.05) is 0 Å². The van der Waals surface area contributed by atoms with Gasteiger partial charge in [0.15, 0.2) is 0 Å². The van der Waals surface area contributed by atoms with Gasteiger partial charge in [0.25, 0.3) is 0 Å². The molecular formula is C3H6Mg2O4+2. The number of carboxylic acid groups (broad SMARTS) is 1. The van der Waals surface area contributed by atoms with Crippen LogP contribution in [0.2, 0.25) is 0 Å². The average molecular weight is 155 g/mol. The molecule has 0 saturated carbocycles. The molecule has 1 atom stereocenters. The third-order valence-electron chi connectivity index (χ3n) is 0.341. The summed E-state index contributed by atoms with van der Waals surface area (Å²) in [6.07, 6.45) is -1.34. The minimum Gasteiger partial charge on any atom is -0.870 e. The minimum absolute atomic E-state index is 0. The van der Waals surface area contributed by atoms with Crippen LogP contribution in [0, 0.1) is 0 Å². The van der Waals surface area contributed by atoms with Crippen molar-refractivity contribution in [2.45, 2.75) is 13.0 Å². The maximum atomic E-state index is 9.34. The molecule has 4 nitrogen and oxygen atoms in total. The SMILES string of the molecule is CC(O)C(=O)[O-].[Mg+2].[Mg+2].[OH-]. The molecule has 44 valence electrons. The van der Waals surface area contributed by atoms with Crippen LogP contribution in [0.15, 0.2) is 0 Å². The first-order valence-corrected chi connectivity index (χ1v) is 1.53. The van der Waals surface area contributed by atoms with E-state index in [0.717, 1.165) is 6.92 Å². The summed E-state index contributed by atoms with van der Waals surface area (Å²) in [7, 11) is 0. The second-order valence-electron chi connectivity index (χ2n) is 0.995. The summed E-state index contributed by atoms with van der Waals surface area (Å²) in [5.41, 5.74) is 0. The van der Waals surface area contributed by atoms with Crippen molar-refractivity contribution in [1.29, 1.82) is 0 Å². The molecule has 0 spiro atoms. The zero-order chi connectivity index (χ0) is 5.15. The first-order valence-electron chi connectivity index (χ1n) is 1.53. The fourth-order valence-electron chi connectivity index (χ4n) is 0. The summed E-state index contributed by atoms with van der Waals surface area (Å²) in [5.74, 6) is -1.44. The van der Waals surface area contributed by atoms with Crippen LogP contribution < -0.4 is 5.11 Å². The summed E-state index contributed by atoms with van der Waals surface area (Å²) >= 11 is 0. The number of aliphatic hydroxyl groups excluding tert-OH is 1. The Morgan fingerprint density at radius 1 is 1.56 bits per heavy atom. The summed E-state index contributed by atoms with van der Waals surface area (Å²) in [6, 6.07) is 0. The van der Waals surface area contributed by atoms with E-state index in [4.69, 9.17) is 5.11 Å². The van der Waals surface area contributed by atoms with Gasteiger partial charge in [-0.15, -0.1) is 0 Å². The molecule has 6 heteroatoms. The van der Waals surface area contributed by atoms with E-state index in [9.17, 15) is 9.90 Å². The molecule has 0 amide bonds. The van der Waals surface area contributed by atoms with E-state index in [-0.39, 0.29) is 51.6 Å². The Bertz CT molecular complexity index is 64.8. The van der Waals surface area contributed by atoms with E-state index in [2.05, 4.69) is 0 Å². The van der Waals surface area contributed by atoms with Crippen LogP contribution >= 0.6 is 0 Å². The first kappa shape index (κ1) is 22.5. The zero-order valence-electron chi connectivity index (χ0n) is 5.20. The maximum absolute atomic E-state index is 9.34.